The minimum Gasteiger partial charge on any atom is -0.306 e. The molecular formula is C15H11FN2OS. The summed E-state index contributed by atoms with van der Waals surface area (Å²) >= 11 is 1.26. The summed E-state index contributed by atoms with van der Waals surface area (Å²) in [6.07, 6.45) is 1.63. The molecule has 0 saturated carbocycles. The van der Waals surface area contributed by atoms with Gasteiger partial charge in [0, 0.05) is 16.3 Å². The maximum Gasteiger partial charge on any atom is 0.266 e. The van der Waals surface area contributed by atoms with Crippen LogP contribution < -0.4 is 5.32 Å². The molecule has 1 N–H and O–H groups in total. The first-order valence-electron chi connectivity index (χ1n) is 6.05. The van der Waals surface area contributed by atoms with E-state index in [1.165, 1.54) is 17.4 Å². The predicted octanol–water partition coefficient (Wildman–Crippen LogP) is 4.00. The molecule has 2 aromatic heterocycles. The van der Waals surface area contributed by atoms with Crippen molar-refractivity contribution in [2.45, 2.75) is 6.92 Å². The summed E-state index contributed by atoms with van der Waals surface area (Å²) in [4.78, 5) is 16.7. The van der Waals surface area contributed by atoms with Crippen LogP contribution in [0.15, 0.2) is 42.6 Å². The maximum atomic E-state index is 13.6. The number of nitrogens with one attached hydrogen (secondary N) is 1. The van der Waals surface area contributed by atoms with Crippen LogP contribution in [0.3, 0.4) is 0 Å². The van der Waals surface area contributed by atoms with Crippen LogP contribution in [-0.2, 0) is 0 Å². The van der Waals surface area contributed by atoms with E-state index in [0.29, 0.717) is 16.1 Å². The topological polar surface area (TPSA) is 42.0 Å². The fourth-order valence-corrected chi connectivity index (χ4v) is 2.89. The van der Waals surface area contributed by atoms with Crippen LogP contribution >= 0.6 is 11.3 Å². The summed E-state index contributed by atoms with van der Waals surface area (Å²) in [6.45, 7) is 1.92. The number of carbonyl (C=O) groups excluding carboxylic acids is 1. The molecule has 2 heterocycles. The van der Waals surface area contributed by atoms with Crippen LogP contribution in [0.5, 0.6) is 0 Å². The van der Waals surface area contributed by atoms with E-state index in [1.807, 2.05) is 13.0 Å². The van der Waals surface area contributed by atoms with Crippen molar-refractivity contribution >= 4 is 33.1 Å². The highest BCUT2D eigenvalue weighted by atomic mass is 32.1. The van der Waals surface area contributed by atoms with Gasteiger partial charge in [-0.05, 0) is 42.8 Å². The van der Waals surface area contributed by atoms with Gasteiger partial charge in [0.05, 0.1) is 4.88 Å². The second kappa shape index (κ2) is 5.02. The molecule has 0 bridgehead atoms. The van der Waals surface area contributed by atoms with E-state index in [-0.39, 0.29) is 11.7 Å². The Hall–Kier alpha value is -2.27. The summed E-state index contributed by atoms with van der Waals surface area (Å²) < 4.78 is 14.4. The Kier molecular flexibility index (Phi) is 3.20. The highest BCUT2D eigenvalue weighted by molar-refractivity contribution is 7.20. The Morgan fingerprint density at radius 3 is 2.90 bits per heavy atom. The highest BCUT2D eigenvalue weighted by Crippen LogP contribution is 2.28. The van der Waals surface area contributed by atoms with Crippen LogP contribution in [0.4, 0.5) is 10.2 Å². The number of carbonyl (C=O) groups is 1. The molecule has 20 heavy (non-hydrogen) atoms. The first kappa shape index (κ1) is 12.7. The fourth-order valence-electron chi connectivity index (χ4n) is 1.92. The predicted molar refractivity (Wildman–Crippen MR) is 78.7 cm³/mol. The molecule has 0 aliphatic rings. The number of hydrogen-bond acceptors (Lipinski definition) is 3. The molecule has 3 rings (SSSR count). The van der Waals surface area contributed by atoms with Crippen molar-refractivity contribution in [2.24, 2.45) is 0 Å². The highest BCUT2D eigenvalue weighted by Gasteiger charge is 2.13. The van der Waals surface area contributed by atoms with Gasteiger partial charge in [-0.1, -0.05) is 6.07 Å². The van der Waals surface area contributed by atoms with Gasteiger partial charge < -0.3 is 5.32 Å². The van der Waals surface area contributed by atoms with Gasteiger partial charge in [-0.2, -0.15) is 0 Å². The minimum atomic E-state index is -0.313. The van der Waals surface area contributed by atoms with E-state index in [4.69, 9.17) is 0 Å². The number of pyridine rings is 1. The molecule has 3 nitrogen and oxygen atoms in total. The third-order valence-corrected chi connectivity index (χ3v) is 3.99. The number of thiophene rings is 1. The molecule has 1 amide bonds. The smallest absolute Gasteiger partial charge is 0.266 e. The van der Waals surface area contributed by atoms with E-state index < -0.39 is 0 Å². The van der Waals surface area contributed by atoms with Gasteiger partial charge in [-0.15, -0.1) is 11.3 Å². The lowest BCUT2D eigenvalue weighted by Gasteiger charge is -2.02. The SMILES string of the molecule is Cc1ccnc(NC(=O)c2cc3c(F)cccc3s2)c1. The molecule has 0 aliphatic heterocycles. The molecule has 0 radical (unpaired) electrons. The number of nitrogens with zero attached hydrogens (tertiary/aromatic N) is 1. The van der Waals surface area contributed by atoms with E-state index in [1.54, 1.807) is 30.5 Å². The first-order chi connectivity index (χ1) is 9.63. The number of halogens is 1. The molecule has 100 valence electrons. The van der Waals surface area contributed by atoms with Crippen molar-refractivity contribution in [3.8, 4) is 0 Å². The third-order valence-electron chi connectivity index (χ3n) is 2.89. The largest absolute Gasteiger partial charge is 0.306 e. The van der Waals surface area contributed by atoms with Crippen molar-refractivity contribution < 1.29 is 9.18 Å². The third kappa shape index (κ3) is 2.40. The molecule has 0 atom stereocenters. The summed E-state index contributed by atoms with van der Waals surface area (Å²) in [7, 11) is 0. The molecule has 3 aromatic rings. The Morgan fingerprint density at radius 2 is 2.15 bits per heavy atom. The van der Waals surface area contributed by atoms with Crippen LogP contribution in [0.1, 0.15) is 15.2 Å². The number of fused-ring (bicyclic) bond motifs is 1. The van der Waals surface area contributed by atoms with Crippen molar-refractivity contribution in [1.82, 2.24) is 4.98 Å². The summed E-state index contributed by atoms with van der Waals surface area (Å²) in [5, 5.41) is 3.19. The summed E-state index contributed by atoms with van der Waals surface area (Å²) in [6, 6.07) is 10.0. The minimum absolute atomic E-state index is 0.274. The standard InChI is InChI=1S/C15H11FN2OS/c1-9-5-6-17-14(7-9)18-15(19)13-8-10-11(16)3-2-4-12(10)20-13/h2-8H,1H3,(H,17,18,19). The van der Waals surface area contributed by atoms with Gasteiger partial charge in [-0.3, -0.25) is 4.79 Å². The Labute approximate surface area is 119 Å². The number of hydrogen-bond donors (Lipinski definition) is 1. The lowest BCUT2D eigenvalue weighted by atomic mass is 10.2. The Morgan fingerprint density at radius 1 is 1.30 bits per heavy atom. The molecule has 0 unspecified atom stereocenters. The van der Waals surface area contributed by atoms with Crippen molar-refractivity contribution in [1.29, 1.82) is 0 Å². The van der Waals surface area contributed by atoms with E-state index in [9.17, 15) is 9.18 Å². The summed E-state index contributed by atoms with van der Waals surface area (Å²) in [5.41, 5.74) is 1.01. The van der Waals surface area contributed by atoms with Gasteiger partial charge in [0.25, 0.3) is 5.91 Å². The van der Waals surface area contributed by atoms with E-state index in [0.717, 1.165) is 10.3 Å². The van der Waals surface area contributed by atoms with E-state index >= 15 is 0 Å². The number of amides is 1. The van der Waals surface area contributed by atoms with Gasteiger partial charge >= 0.3 is 0 Å². The monoisotopic (exact) mass is 286 g/mol. The second-order valence-electron chi connectivity index (χ2n) is 4.43. The Bertz CT molecular complexity index is 797. The van der Waals surface area contributed by atoms with Crippen LogP contribution in [0, 0.1) is 12.7 Å². The quantitative estimate of drug-likeness (QED) is 0.773. The molecule has 0 fully saturated rings. The van der Waals surface area contributed by atoms with Gasteiger partial charge in [-0.25, -0.2) is 9.37 Å². The van der Waals surface area contributed by atoms with Gasteiger partial charge in [0.15, 0.2) is 0 Å². The molecular weight excluding hydrogens is 275 g/mol. The number of rotatable bonds is 2. The first-order valence-corrected chi connectivity index (χ1v) is 6.87. The Balaban J connectivity index is 1.91. The van der Waals surface area contributed by atoms with Crippen LogP contribution in [-0.4, -0.2) is 10.9 Å². The zero-order chi connectivity index (χ0) is 14.1. The normalized spacial score (nSPS) is 10.7. The fraction of sp³-hybridized carbons (Fsp3) is 0.0667. The molecule has 0 saturated heterocycles. The zero-order valence-electron chi connectivity index (χ0n) is 10.7. The molecule has 5 heteroatoms. The number of aryl methyl sites for hydroxylation is 1. The average molecular weight is 286 g/mol. The van der Waals surface area contributed by atoms with Crippen molar-refractivity contribution in [3.63, 3.8) is 0 Å². The number of benzene rings is 1. The van der Waals surface area contributed by atoms with Gasteiger partial charge in [0.1, 0.15) is 11.6 Å². The second-order valence-corrected chi connectivity index (χ2v) is 5.52. The van der Waals surface area contributed by atoms with Crippen LogP contribution in [0.25, 0.3) is 10.1 Å². The zero-order valence-corrected chi connectivity index (χ0v) is 11.5. The molecule has 0 spiro atoms. The average Bonchev–Trinajstić information content (AvgIpc) is 2.84. The number of aromatic nitrogens is 1. The molecule has 0 aliphatic carbocycles. The van der Waals surface area contributed by atoms with E-state index in [2.05, 4.69) is 10.3 Å². The molecule has 1 aromatic carbocycles. The lowest BCUT2D eigenvalue weighted by molar-refractivity contribution is 0.103. The summed E-state index contributed by atoms with van der Waals surface area (Å²) in [5.74, 6) is -0.0943. The van der Waals surface area contributed by atoms with Crippen molar-refractivity contribution in [3.05, 3.63) is 58.9 Å². The maximum absolute atomic E-state index is 13.6. The van der Waals surface area contributed by atoms with Gasteiger partial charge in [0.2, 0.25) is 0 Å². The lowest BCUT2D eigenvalue weighted by Crippen LogP contribution is -2.11. The van der Waals surface area contributed by atoms with Crippen LogP contribution in [0.2, 0.25) is 0 Å². The van der Waals surface area contributed by atoms with Crippen molar-refractivity contribution in [2.75, 3.05) is 5.32 Å². The number of anilines is 1.